The molecule has 176 valence electrons. The molecule has 5 rings (SSSR count). The summed E-state index contributed by atoms with van der Waals surface area (Å²) in [5.74, 6) is 0.150. The molecule has 1 N–H and O–H groups in total. The average Bonchev–Trinajstić information content (AvgIpc) is 2.91. The van der Waals surface area contributed by atoms with Gasteiger partial charge in [0.15, 0.2) is 0 Å². The van der Waals surface area contributed by atoms with Crippen molar-refractivity contribution in [3.05, 3.63) is 91.0 Å². The van der Waals surface area contributed by atoms with Gasteiger partial charge in [0.25, 0.3) is 0 Å². The van der Waals surface area contributed by atoms with Crippen LogP contribution in [0.1, 0.15) is 31.2 Å². The molecule has 1 spiro atoms. The van der Waals surface area contributed by atoms with Crippen molar-refractivity contribution >= 4 is 11.3 Å². The normalized spacial score (nSPS) is 24.5. The monoisotopic (exact) mass is 457 g/mol. The number of anilines is 1. The number of benzene rings is 3. The van der Waals surface area contributed by atoms with Gasteiger partial charge in [0, 0.05) is 24.6 Å². The van der Waals surface area contributed by atoms with Crippen molar-refractivity contribution in [3.8, 4) is 16.9 Å². The van der Waals surface area contributed by atoms with Gasteiger partial charge in [-0.25, -0.2) is 9.78 Å². The second-order valence-electron chi connectivity index (χ2n) is 9.01. The molecule has 0 radical (unpaired) electrons. The van der Waals surface area contributed by atoms with E-state index in [1.165, 1.54) is 11.1 Å². The standard InChI is InChI=1S/C29H31NO4/c1-21(22-10-14-27(31-2)15-11-22)28-20-32-29(34-33-28)18-16-26(17-19-29)30-25-12-8-24(9-13-25)23-6-4-3-5-7-23/h3-15,26,28,30H,1,16-20H2,2H3. The Morgan fingerprint density at radius 2 is 1.59 bits per heavy atom. The van der Waals surface area contributed by atoms with Crippen molar-refractivity contribution in [2.45, 2.75) is 43.6 Å². The number of hydrogen-bond donors (Lipinski definition) is 1. The quantitative estimate of drug-likeness (QED) is 0.430. The molecule has 1 heterocycles. The molecule has 0 amide bonds. The summed E-state index contributed by atoms with van der Waals surface area (Å²) in [5, 5.41) is 3.66. The van der Waals surface area contributed by atoms with Crippen molar-refractivity contribution in [2.24, 2.45) is 0 Å². The van der Waals surface area contributed by atoms with Gasteiger partial charge in [0.2, 0.25) is 5.79 Å². The minimum atomic E-state index is -0.661. The molecule has 1 saturated heterocycles. The Kier molecular flexibility index (Phi) is 6.68. The van der Waals surface area contributed by atoms with E-state index in [1.807, 2.05) is 30.3 Å². The molecule has 0 aromatic heterocycles. The highest BCUT2D eigenvalue weighted by molar-refractivity contribution is 5.67. The van der Waals surface area contributed by atoms with Crippen LogP contribution in [-0.2, 0) is 14.5 Å². The Balaban J connectivity index is 1.11. The van der Waals surface area contributed by atoms with Gasteiger partial charge in [-0.2, -0.15) is 0 Å². The van der Waals surface area contributed by atoms with Crippen molar-refractivity contribution in [1.82, 2.24) is 0 Å². The molecule has 2 aliphatic rings. The molecule has 1 atom stereocenters. The van der Waals surface area contributed by atoms with Crippen molar-refractivity contribution in [1.29, 1.82) is 0 Å². The van der Waals surface area contributed by atoms with Crippen LogP contribution in [-0.4, -0.2) is 31.6 Å². The largest absolute Gasteiger partial charge is 0.497 e. The molecule has 0 bridgehead atoms. The van der Waals surface area contributed by atoms with Gasteiger partial charge in [-0.1, -0.05) is 61.2 Å². The van der Waals surface area contributed by atoms with Gasteiger partial charge in [0.1, 0.15) is 11.9 Å². The molecular weight excluding hydrogens is 426 g/mol. The van der Waals surface area contributed by atoms with E-state index in [0.717, 1.165) is 48.3 Å². The first-order valence-corrected chi connectivity index (χ1v) is 11.9. The lowest BCUT2D eigenvalue weighted by Crippen LogP contribution is -2.49. The molecular formula is C29H31NO4. The lowest BCUT2D eigenvalue weighted by Gasteiger charge is -2.43. The third-order valence-corrected chi connectivity index (χ3v) is 6.77. The first kappa shape index (κ1) is 22.7. The highest BCUT2D eigenvalue weighted by atomic mass is 17.2. The maximum absolute atomic E-state index is 6.21. The minimum absolute atomic E-state index is 0.321. The van der Waals surface area contributed by atoms with E-state index in [1.54, 1.807) is 7.11 Å². The number of nitrogens with one attached hydrogen (secondary N) is 1. The highest BCUT2D eigenvalue weighted by Crippen LogP contribution is 2.39. The SMILES string of the molecule is C=C(c1ccc(OC)cc1)C1COC2(CCC(Nc3ccc(-c4ccccc4)cc3)CC2)OO1. The fourth-order valence-electron chi connectivity index (χ4n) is 4.63. The summed E-state index contributed by atoms with van der Waals surface area (Å²) in [6.45, 7) is 4.62. The fourth-order valence-corrected chi connectivity index (χ4v) is 4.63. The first-order valence-electron chi connectivity index (χ1n) is 11.9. The van der Waals surface area contributed by atoms with E-state index in [4.69, 9.17) is 19.2 Å². The fraction of sp³-hybridized carbons (Fsp3) is 0.310. The summed E-state index contributed by atoms with van der Waals surface area (Å²) in [6, 6.07) is 27.2. The molecule has 1 aliphatic heterocycles. The van der Waals surface area contributed by atoms with E-state index in [0.29, 0.717) is 12.6 Å². The predicted molar refractivity (Wildman–Crippen MR) is 134 cm³/mol. The van der Waals surface area contributed by atoms with Crippen LogP contribution in [0.3, 0.4) is 0 Å². The second kappa shape index (κ2) is 10.0. The molecule has 3 aromatic carbocycles. The number of hydrogen-bond acceptors (Lipinski definition) is 5. The third-order valence-electron chi connectivity index (χ3n) is 6.77. The minimum Gasteiger partial charge on any atom is -0.497 e. The van der Waals surface area contributed by atoms with Crippen LogP contribution >= 0.6 is 0 Å². The smallest absolute Gasteiger partial charge is 0.201 e. The summed E-state index contributed by atoms with van der Waals surface area (Å²) < 4.78 is 11.4. The van der Waals surface area contributed by atoms with E-state index in [2.05, 4.69) is 60.4 Å². The zero-order chi connectivity index (χ0) is 23.4. The van der Waals surface area contributed by atoms with Crippen LogP contribution in [0.5, 0.6) is 5.75 Å². The molecule has 1 aliphatic carbocycles. The summed E-state index contributed by atoms with van der Waals surface area (Å²) in [5.41, 5.74) is 5.42. The van der Waals surface area contributed by atoms with Gasteiger partial charge < -0.3 is 14.8 Å². The van der Waals surface area contributed by atoms with Gasteiger partial charge in [-0.05, 0) is 59.4 Å². The Morgan fingerprint density at radius 3 is 2.21 bits per heavy atom. The van der Waals surface area contributed by atoms with Gasteiger partial charge in [0.05, 0.1) is 13.7 Å². The van der Waals surface area contributed by atoms with Crippen LogP contribution in [0.25, 0.3) is 16.7 Å². The van der Waals surface area contributed by atoms with E-state index < -0.39 is 5.79 Å². The Labute approximate surface area is 201 Å². The van der Waals surface area contributed by atoms with E-state index in [-0.39, 0.29) is 6.10 Å². The lowest BCUT2D eigenvalue weighted by atomic mass is 9.89. The van der Waals surface area contributed by atoms with Crippen LogP contribution in [0.4, 0.5) is 5.69 Å². The molecule has 1 unspecified atom stereocenters. The zero-order valence-electron chi connectivity index (χ0n) is 19.5. The van der Waals surface area contributed by atoms with E-state index in [9.17, 15) is 0 Å². The Bertz CT molecular complexity index is 1080. The molecule has 5 nitrogen and oxygen atoms in total. The first-order chi connectivity index (χ1) is 16.6. The number of methoxy groups -OCH3 is 1. The summed E-state index contributed by atoms with van der Waals surface area (Å²) in [4.78, 5) is 11.6. The predicted octanol–water partition coefficient (Wildman–Crippen LogP) is 6.47. The third kappa shape index (κ3) is 5.02. The highest BCUT2D eigenvalue weighted by Gasteiger charge is 2.43. The van der Waals surface area contributed by atoms with Crippen molar-refractivity contribution in [3.63, 3.8) is 0 Å². The molecule has 5 heteroatoms. The lowest BCUT2D eigenvalue weighted by molar-refractivity contribution is -0.483. The summed E-state index contributed by atoms with van der Waals surface area (Å²) >= 11 is 0. The molecule has 1 saturated carbocycles. The maximum Gasteiger partial charge on any atom is 0.201 e. The average molecular weight is 458 g/mol. The molecule has 2 fully saturated rings. The molecule has 34 heavy (non-hydrogen) atoms. The Morgan fingerprint density at radius 1 is 0.912 bits per heavy atom. The number of rotatable bonds is 6. The van der Waals surface area contributed by atoms with Gasteiger partial charge in [-0.3, -0.25) is 0 Å². The van der Waals surface area contributed by atoms with Crippen molar-refractivity contribution in [2.75, 3.05) is 19.0 Å². The van der Waals surface area contributed by atoms with E-state index >= 15 is 0 Å². The molecule has 3 aromatic rings. The summed E-state index contributed by atoms with van der Waals surface area (Å²) in [7, 11) is 1.65. The number of ether oxygens (including phenoxy) is 2. The second-order valence-corrected chi connectivity index (χ2v) is 9.01. The van der Waals surface area contributed by atoms with Crippen LogP contribution in [0.2, 0.25) is 0 Å². The van der Waals surface area contributed by atoms with Gasteiger partial charge >= 0.3 is 0 Å². The van der Waals surface area contributed by atoms with Crippen LogP contribution in [0.15, 0.2) is 85.4 Å². The Hall–Kier alpha value is -3.12. The van der Waals surface area contributed by atoms with Crippen LogP contribution < -0.4 is 10.1 Å². The summed E-state index contributed by atoms with van der Waals surface area (Å²) in [6.07, 6.45) is 3.16. The van der Waals surface area contributed by atoms with Crippen LogP contribution in [0, 0.1) is 0 Å². The topological polar surface area (TPSA) is 49.0 Å². The van der Waals surface area contributed by atoms with Gasteiger partial charge in [-0.15, -0.1) is 0 Å². The zero-order valence-corrected chi connectivity index (χ0v) is 19.5. The van der Waals surface area contributed by atoms with Crippen molar-refractivity contribution < 1.29 is 19.2 Å². The maximum atomic E-state index is 6.21.